The molecule has 0 bridgehead atoms. The number of carbonyl (C=O) groups excluding carboxylic acids is 1. The van der Waals surface area contributed by atoms with Gasteiger partial charge in [-0.25, -0.2) is 4.39 Å². The number of nitrogens with one attached hydrogen (secondary N) is 1. The number of aliphatic hydroxyl groups is 1. The van der Waals surface area contributed by atoms with Crippen molar-refractivity contribution in [3.8, 4) is 5.75 Å². The fourth-order valence-electron chi connectivity index (χ4n) is 2.07. The maximum Gasteiger partial charge on any atom is 0.223 e. The highest BCUT2D eigenvalue weighted by Crippen LogP contribution is 2.11. The van der Waals surface area contributed by atoms with E-state index in [9.17, 15) is 14.3 Å². The Hall–Kier alpha value is -2.40. The minimum Gasteiger partial charge on any atom is -0.493 e. The lowest BCUT2D eigenvalue weighted by Gasteiger charge is -2.12. The fraction of sp³-hybridized carbons (Fsp3) is 0.278. The van der Waals surface area contributed by atoms with E-state index in [1.165, 1.54) is 24.3 Å². The highest BCUT2D eigenvalue weighted by atomic mass is 19.1. The molecule has 23 heavy (non-hydrogen) atoms. The van der Waals surface area contributed by atoms with E-state index in [2.05, 4.69) is 5.32 Å². The van der Waals surface area contributed by atoms with Gasteiger partial charge in [0.1, 0.15) is 11.6 Å². The van der Waals surface area contributed by atoms with Crippen molar-refractivity contribution in [1.82, 2.24) is 5.32 Å². The monoisotopic (exact) mass is 317 g/mol. The van der Waals surface area contributed by atoms with Crippen LogP contribution in [0.25, 0.3) is 0 Å². The van der Waals surface area contributed by atoms with Gasteiger partial charge in [-0.15, -0.1) is 0 Å². The average molecular weight is 317 g/mol. The van der Waals surface area contributed by atoms with E-state index >= 15 is 0 Å². The third-order valence-electron chi connectivity index (χ3n) is 3.26. The van der Waals surface area contributed by atoms with Gasteiger partial charge in [0, 0.05) is 13.0 Å². The second-order valence-electron chi connectivity index (χ2n) is 5.20. The number of rotatable bonds is 8. The van der Waals surface area contributed by atoms with Crippen LogP contribution in [0.5, 0.6) is 5.75 Å². The van der Waals surface area contributed by atoms with E-state index in [1.54, 1.807) is 0 Å². The number of aliphatic hydroxyl groups excluding tert-OH is 1. The van der Waals surface area contributed by atoms with Crippen LogP contribution in [0, 0.1) is 5.82 Å². The van der Waals surface area contributed by atoms with Crippen LogP contribution in [0.1, 0.15) is 12.0 Å². The summed E-state index contributed by atoms with van der Waals surface area (Å²) < 4.78 is 18.1. The fourth-order valence-corrected chi connectivity index (χ4v) is 2.07. The van der Waals surface area contributed by atoms with Gasteiger partial charge in [-0.05, 0) is 29.8 Å². The summed E-state index contributed by atoms with van der Waals surface area (Å²) in [5.41, 5.74) is 1.02. The summed E-state index contributed by atoms with van der Waals surface area (Å²) in [4.78, 5) is 11.7. The summed E-state index contributed by atoms with van der Waals surface area (Å²) in [5, 5.41) is 12.6. The predicted octanol–water partition coefficient (Wildman–Crippen LogP) is 2.31. The lowest BCUT2D eigenvalue weighted by Crippen LogP contribution is -2.33. The predicted molar refractivity (Wildman–Crippen MR) is 85.7 cm³/mol. The Morgan fingerprint density at radius 1 is 1.13 bits per heavy atom. The van der Waals surface area contributed by atoms with Crippen molar-refractivity contribution in [2.45, 2.75) is 18.9 Å². The Morgan fingerprint density at radius 3 is 2.52 bits per heavy atom. The van der Waals surface area contributed by atoms with Crippen molar-refractivity contribution in [3.05, 3.63) is 66.0 Å². The molecule has 2 N–H and O–H groups in total. The number of hydrogen-bond acceptors (Lipinski definition) is 3. The first-order valence-electron chi connectivity index (χ1n) is 7.50. The SMILES string of the molecule is O=C(CCOc1ccc(F)cc1)NCC(O)Cc1ccccc1. The molecule has 2 rings (SSSR count). The van der Waals surface area contributed by atoms with Crippen molar-refractivity contribution in [2.24, 2.45) is 0 Å². The molecule has 0 aliphatic carbocycles. The molecule has 1 amide bonds. The Balaban J connectivity index is 1.62. The zero-order valence-electron chi connectivity index (χ0n) is 12.7. The van der Waals surface area contributed by atoms with Crippen LogP contribution >= 0.6 is 0 Å². The van der Waals surface area contributed by atoms with Gasteiger partial charge in [0.05, 0.1) is 19.1 Å². The molecule has 0 radical (unpaired) electrons. The number of halogens is 1. The summed E-state index contributed by atoms with van der Waals surface area (Å²) in [6.07, 6.45) is 0.0437. The van der Waals surface area contributed by atoms with Gasteiger partial charge in [-0.3, -0.25) is 4.79 Å². The van der Waals surface area contributed by atoms with Crippen LogP contribution in [0.2, 0.25) is 0 Å². The topological polar surface area (TPSA) is 58.6 Å². The van der Waals surface area contributed by atoms with E-state index in [0.717, 1.165) is 5.56 Å². The molecule has 1 atom stereocenters. The van der Waals surface area contributed by atoms with Gasteiger partial charge < -0.3 is 15.2 Å². The molecule has 0 fully saturated rings. The van der Waals surface area contributed by atoms with E-state index < -0.39 is 6.10 Å². The molecule has 4 nitrogen and oxygen atoms in total. The van der Waals surface area contributed by atoms with Crippen LogP contribution in [-0.4, -0.2) is 30.3 Å². The van der Waals surface area contributed by atoms with Crippen LogP contribution < -0.4 is 10.1 Å². The van der Waals surface area contributed by atoms with Crippen molar-refractivity contribution >= 4 is 5.91 Å². The highest BCUT2D eigenvalue weighted by molar-refractivity contribution is 5.76. The maximum absolute atomic E-state index is 12.7. The number of benzene rings is 2. The Bertz CT molecular complexity index is 601. The van der Waals surface area contributed by atoms with Crippen molar-refractivity contribution in [2.75, 3.05) is 13.2 Å². The van der Waals surface area contributed by atoms with E-state index in [0.29, 0.717) is 12.2 Å². The van der Waals surface area contributed by atoms with Gasteiger partial charge in [0.2, 0.25) is 5.91 Å². The van der Waals surface area contributed by atoms with Gasteiger partial charge in [-0.2, -0.15) is 0 Å². The summed E-state index contributed by atoms with van der Waals surface area (Å²) in [6.45, 7) is 0.399. The van der Waals surface area contributed by atoms with Crippen molar-refractivity contribution in [1.29, 1.82) is 0 Å². The zero-order valence-corrected chi connectivity index (χ0v) is 12.7. The lowest BCUT2D eigenvalue weighted by molar-refractivity contribution is -0.122. The minimum atomic E-state index is -0.626. The van der Waals surface area contributed by atoms with Crippen LogP contribution in [0.15, 0.2) is 54.6 Å². The summed E-state index contributed by atoms with van der Waals surface area (Å²) >= 11 is 0. The molecule has 122 valence electrons. The normalized spacial score (nSPS) is 11.7. The summed E-state index contributed by atoms with van der Waals surface area (Å²) in [7, 11) is 0. The molecule has 0 spiro atoms. The molecule has 0 aromatic heterocycles. The lowest BCUT2D eigenvalue weighted by atomic mass is 10.1. The zero-order chi connectivity index (χ0) is 16.5. The van der Waals surface area contributed by atoms with E-state index in [4.69, 9.17) is 4.74 Å². The van der Waals surface area contributed by atoms with Crippen LogP contribution in [0.3, 0.4) is 0 Å². The molecule has 0 saturated heterocycles. The highest BCUT2D eigenvalue weighted by Gasteiger charge is 2.08. The first-order chi connectivity index (χ1) is 11.1. The number of carbonyl (C=O) groups is 1. The third-order valence-corrected chi connectivity index (χ3v) is 3.26. The first-order valence-corrected chi connectivity index (χ1v) is 7.50. The van der Waals surface area contributed by atoms with Crippen molar-refractivity contribution < 1.29 is 19.0 Å². The quantitative estimate of drug-likeness (QED) is 0.785. The molecule has 0 aliphatic rings. The molecule has 5 heteroatoms. The van der Waals surface area contributed by atoms with Crippen LogP contribution in [-0.2, 0) is 11.2 Å². The van der Waals surface area contributed by atoms with E-state index in [1.807, 2.05) is 30.3 Å². The molecule has 0 heterocycles. The molecule has 1 unspecified atom stereocenters. The molecule has 2 aromatic rings. The molecule has 0 saturated carbocycles. The molecular formula is C18H20FNO3. The second-order valence-corrected chi connectivity index (χ2v) is 5.20. The van der Waals surface area contributed by atoms with Gasteiger partial charge in [-0.1, -0.05) is 30.3 Å². The van der Waals surface area contributed by atoms with Crippen LogP contribution in [0.4, 0.5) is 4.39 Å². The first kappa shape index (κ1) is 17.0. The Morgan fingerprint density at radius 2 is 1.83 bits per heavy atom. The number of amides is 1. The smallest absolute Gasteiger partial charge is 0.223 e. The van der Waals surface area contributed by atoms with Gasteiger partial charge in [0.15, 0.2) is 0 Å². The standard InChI is InChI=1S/C18H20FNO3/c19-15-6-8-17(9-7-15)23-11-10-18(22)20-13-16(21)12-14-4-2-1-3-5-14/h1-9,16,21H,10-13H2,(H,20,22). The maximum atomic E-state index is 12.7. The molecule has 0 aliphatic heterocycles. The average Bonchev–Trinajstić information content (AvgIpc) is 2.56. The minimum absolute atomic E-state index is 0.176. The third kappa shape index (κ3) is 6.48. The largest absolute Gasteiger partial charge is 0.493 e. The van der Waals surface area contributed by atoms with Gasteiger partial charge in [0.25, 0.3) is 0 Å². The number of ether oxygens (including phenoxy) is 1. The Labute approximate surface area is 134 Å². The van der Waals surface area contributed by atoms with Gasteiger partial charge >= 0.3 is 0 Å². The number of hydrogen-bond donors (Lipinski definition) is 2. The summed E-state index contributed by atoms with van der Waals surface area (Å²) in [5.74, 6) is -0.00923. The van der Waals surface area contributed by atoms with E-state index in [-0.39, 0.29) is 31.3 Å². The second kappa shape index (κ2) is 8.90. The Kier molecular flexibility index (Phi) is 6.56. The summed E-state index contributed by atoms with van der Waals surface area (Å²) in [6, 6.07) is 15.2. The molecular weight excluding hydrogens is 297 g/mol. The molecule has 2 aromatic carbocycles. The van der Waals surface area contributed by atoms with Crippen molar-refractivity contribution in [3.63, 3.8) is 0 Å².